The number of hydrogen-bond donors (Lipinski definition) is 0. The smallest absolute Gasteiger partial charge is 0.233 e. The van der Waals surface area contributed by atoms with E-state index >= 15 is 0 Å². The van der Waals surface area contributed by atoms with Crippen LogP contribution in [0.4, 0.5) is 0 Å². The fourth-order valence-electron chi connectivity index (χ4n) is 1.62. The van der Waals surface area contributed by atoms with E-state index in [1.54, 1.807) is 32.0 Å². The fraction of sp³-hybridized carbons (Fsp3) is 0.462. The molecule has 5 nitrogen and oxygen atoms in total. The summed E-state index contributed by atoms with van der Waals surface area (Å²) in [6.45, 7) is 3.62. The van der Waals surface area contributed by atoms with E-state index in [4.69, 9.17) is 25.4 Å². The first-order chi connectivity index (χ1) is 9.15. The Morgan fingerprint density at radius 2 is 1.90 bits per heavy atom. The molecule has 0 saturated carbocycles. The summed E-state index contributed by atoms with van der Waals surface area (Å²) in [5.41, 5.74) is -0.238. The van der Waals surface area contributed by atoms with Gasteiger partial charge in [0.1, 0.15) is 11.5 Å². The summed E-state index contributed by atoms with van der Waals surface area (Å²) in [4.78, 5) is 0. The van der Waals surface area contributed by atoms with Crippen LogP contribution in [-0.4, -0.2) is 27.9 Å². The first-order valence-electron chi connectivity index (χ1n) is 5.79. The number of nitriles is 1. The van der Waals surface area contributed by atoms with E-state index in [1.807, 2.05) is 6.07 Å². The maximum absolute atomic E-state index is 11.1. The quantitative estimate of drug-likeness (QED) is 0.754. The predicted octanol–water partition coefficient (Wildman–Crippen LogP) is 2.54. The van der Waals surface area contributed by atoms with Crippen LogP contribution in [0.1, 0.15) is 19.4 Å². The summed E-state index contributed by atoms with van der Waals surface area (Å²) >= 11 is 0. The van der Waals surface area contributed by atoms with Crippen molar-refractivity contribution >= 4 is 19.7 Å². The molecule has 0 bridgehead atoms. The van der Waals surface area contributed by atoms with Crippen LogP contribution in [0.3, 0.4) is 0 Å². The lowest BCUT2D eigenvalue weighted by Gasteiger charge is -2.23. The largest absolute Gasteiger partial charge is 0.497 e. The molecule has 0 aromatic heterocycles. The third-order valence-electron chi connectivity index (χ3n) is 2.44. The number of rotatable bonds is 6. The zero-order chi connectivity index (χ0) is 15.4. The Balaban J connectivity index is 2.82. The molecule has 0 radical (unpaired) electrons. The van der Waals surface area contributed by atoms with Crippen LogP contribution < -0.4 is 9.47 Å². The Morgan fingerprint density at radius 3 is 2.40 bits per heavy atom. The van der Waals surface area contributed by atoms with Crippen molar-refractivity contribution in [3.63, 3.8) is 0 Å². The van der Waals surface area contributed by atoms with Crippen molar-refractivity contribution in [1.29, 1.82) is 5.26 Å². The van der Waals surface area contributed by atoms with Gasteiger partial charge in [0, 0.05) is 22.2 Å². The number of ether oxygens (including phenoxy) is 2. The van der Waals surface area contributed by atoms with Crippen LogP contribution in [0, 0.1) is 16.7 Å². The second kappa shape index (κ2) is 6.33. The molecule has 0 heterocycles. The van der Waals surface area contributed by atoms with Crippen molar-refractivity contribution in [2.45, 2.75) is 13.8 Å². The molecule has 0 atom stereocenters. The Hall–Kier alpha value is -1.45. The van der Waals surface area contributed by atoms with E-state index in [-0.39, 0.29) is 12.4 Å². The zero-order valence-electron chi connectivity index (χ0n) is 11.5. The normalized spacial score (nSPS) is 11.8. The molecule has 0 N–H and O–H groups in total. The van der Waals surface area contributed by atoms with Crippen LogP contribution in [0.2, 0.25) is 0 Å². The molecule has 0 amide bonds. The maximum Gasteiger partial charge on any atom is 0.233 e. The number of benzene rings is 1. The molecule has 20 heavy (non-hydrogen) atoms. The molecular formula is C13H16ClNO4S. The van der Waals surface area contributed by atoms with Crippen molar-refractivity contribution in [3.05, 3.63) is 23.8 Å². The minimum atomic E-state index is -3.60. The van der Waals surface area contributed by atoms with Crippen LogP contribution >= 0.6 is 10.7 Å². The molecule has 7 heteroatoms. The van der Waals surface area contributed by atoms with Crippen LogP contribution in [0.5, 0.6) is 11.5 Å². The molecule has 1 rings (SSSR count). The van der Waals surface area contributed by atoms with E-state index < -0.39 is 14.5 Å². The van der Waals surface area contributed by atoms with Crippen molar-refractivity contribution in [1.82, 2.24) is 0 Å². The van der Waals surface area contributed by atoms with Gasteiger partial charge in [-0.15, -0.1) is 0 Å². The molecule has 0 saturated heterocycles. The topological polar surface area (TPSA) is 76.4 Å². The van der Waals surface area contributed by atoms with Crippen molar-refractivity contribution < 1.29 is 17.9 Å². The van der Waals surface area contributed by atoms with Gasteiger partial charge in [-0.3, -0.25) is 0 Å². The monoisotopic (exact) mass is 317 g/mol. The number of nitrogens with zero attached hydrogens (tertiary/aromatic N) is 1. The zero-order valence-corrected chi connectivity index (χ0v) is 13.1. The van der Waals surface area contributed by atoms with Gasteiger partial charge in [0.2, 0.25) is 9.05 Å². The van der Waals surface area contributed by atoms with Crippen LogP contribution in [-0.2, 0) is 9.05 Å². The minimum Gasteiger partial charge on any atom is -0.497 e. The number of halogens is 1. The van der Waals surface area contributed by atoms with E-state index in [0.29, 0.717) is 17.1 Å². The van der Waals surface area contributed by atoms with Crippen LogP contribution in [0.15, 0.2) is 18.2 Å². The summed E-state index contributed by atoms with van der Waals surface area (Å²) < 4.78 is 32.8. The highest BCUT2D eigenvalue weighted by atomic mass is 35.7. The molecule has 1 aromatic carbocycles. The third-order valence-corrected chi connectivity index (χ3v) is 3.89. The van der Waals surface area contributed by atoms with Gasteiger partial charge in [-0.1, -0.05) is 13.8 Å². The lowest BCUT2D eigenvalue weighted by Crippen LogP contribution is -2.28. The predicted molar refractivity (Wildman–Crippen MR) is 76.6 cm³/mol. The van der Waals surface area contributed by atoms with E-state index in [9.17, 15) is 8.42 Å². The van der Waals surface area contributed by atoms with Gasteiger partial charge < -0.3 is 9.47 Å². The maximum atomic E-state index is 11.1. The Bertz CT molecular complexity index is 620. The number of hydrogen-bond acceptors (Lipinski definition) is 5. The Kier molecular flexibility index (Phi) is 5.26. The van der Waals surface area contributed by atoms with E-state index in [1.165, 1.54) is 7.11 Å². The minimum absolute atomic E-state index is 0.150. The first-order valence-corrected chi connectivity index (χ1v) is 8.27. The van der Waals surface area contributed by atoms with Gasteiger partial charge in [0.25, 0.3) is 0 Å². The van der Waals surface area contributed by atoms with Gasteiger partial charge in [0.15, 0.2) is 0 Å². The fourth-order valence-corrected chi connectivity index (χ4v) is 3.53. The Labute approximate surface area is 123 Å². The highest BCUT2D eigenvalue weighted by Gasteiger charge is 2.26. The molecule has 110 valence electrons. The molecule has 0 fully saturated rings. The van der Waals surface area contributed by atoms with Crippen molar-refractivity contribution in [3.8, 4) is 17.6 Å². The molecule has 0 aliphatic rings. The molecule has 0 spiro atoms. The molecule has 0 aliphatic heterocycles. The lowest BCUT2D eigenvalue weighted by molar-refractivity contribution is 0.199. The molecular weight excluding hydrogens is 302 g/mol. The van der Waals surface area contributed by atoms with E-state index in [0.717, 1.165) is 0 Å². The van der Waals surface area contributed by atoms with Crippen molar-refractivity contribution in [2.24, 2.45) is 5.41 Å². The van der Waals surface area contributed by atoms with Gasteiger partial charge in [-0.25, -0.2) is 8.42 Å². The average molecular weight is 318 g/mol. The summed E-state index contributed by atoms with van der Waals surface area (Å²) in [7, 11) is 3.14. The van der Waals surface area contributed by atoms with Gasteiger partial charge >= 0.3 is 0 Å². The highest BCUT2D eigenvalue weighted by molar-refractivity contribution is 8.13. The number of methoxy groups -OCH3 is 1. The summed E-state index contributed by atoms with van der Waals surface area (Å²) in [5.74, 6) is 0.749. The summed E-state index contributed by atoms with van der Waals surface area (Å²) in [6.07, 6.45) is 0. The molecule has 1 aromatic rings. The summed E-state index contributed by atoms with van der Waals surface area (Å²) in [5, 5.41) is 8.91. The second-order valence-electron chi connectivity index (χ2n) is 5.15. The SMILES string of the molecule is COc1cc(C#N)cc(OCC(C)(C)CS(=O)(=O)Cl)c1. The highest BCUT2D eigenvalue weighted by Crippen LogP contribution is 2.26. The van der Waals surface area contributed by atoms with Crippen molar-refractivity contribution in [2.75, 3.05) is 19.5 Å². The third kappa shape index (κ3) is 5.68. The lowest BCUT2D eigenvalue weighted by atomic mass is 9.98. The second-order valence-corrected chi connectivity index (χ2v) is 7.92. The van der Waals surface area contributed by atoms with Crippen LogP contribution in [0.25, 0.3) is 0 Å². The average Bonchev–Trinajstić information content (AvgIpc) is 2.33. The van der Waals surface area contributed by atoms with Gasteiger partial charge in [-0.05, 0) is 12.1 Å². The molecule has 0 aliphatic carbocycles. The first kappa shape index (κ1) is 16.6. The Morgan fingerprint density at radius 1 is 1.30 bits per heavy atom. The standard InChI is InChI=1S/C13H16ClNO4S/c1-13(2,9-20(14,16)17)8-19-12-5-10(7-15)4-11(6-12)18-3/h4-6H,8-9H2,1-3H3. The van der Waals surface area contributed by atoms with Gasteiger partial charge in [-0.2, -0.15) is 5.26 Å². The molecule has 0 unspecified atom stereocenters. The van der Waals surface area contributed by atoms with E-state index in [2.05, 4.69) is 0 Å². The summed E-state index contributed by atoms with van der Waals surface area (Å²) in [6, 6.07) is 6.78. The van der Waals surface area contributed by atoms with Gasteiger partial charge in [0.05, 0.1) is 31.1 Å².